The van der Waals surface area contributed by atoms with Crippen LogP contribution in [0.3, 0.4) is 0 Å². The van der Waals surface area contributed by atoms with E-state index in [4.69, 9.17) is 9.47 Å². The molecule has 0 aliphatic carbocycles. The van der Waals surface area contributed by atoms with E-state index in [0.29, 0.717) is 12.5 Å². The van der Waals surface area contributed by atoms with Crippen LogP contribution in [0.4, 0.5) is 4.79 Å². The van der Waals surface area contributed by atoms with Crippen molar-refractivity contribution in [3.63, 3.8) is 0 Å². The Balaban J connectivity index is 4.32. The van der Waals surface area contributed by atoms with Gasteiger partial charge in [-0.15, -0.1) is 0 Å². The van der Waals surface area contributed by atoms with Gasteiger partial charge in [0.25, 0.3) is 0 Å². The molecule has 0 aliphatic rings. The molecule has 0 bridgehead atoms. The normalized spacial score (nSPS) is 14.3. The van der Waals surface area contributed by atoms with Crippen LogP contribution in [-0.2, 0) is 14.3 Å². The van der Waals surface area contributed by atoms with E-state index in [9.17, 15) is 9.59 Å². The summed E-state index contributed by atoms with van der Waals surface area (Å²) in [7, 11) is 0. The van der Waals surface area contributed by atoms with Gasteiger partial charge in [-0.2, -0.15) is 11.8 Å². The first-order valence-electron chi connectivity index (χ1n) is 8.11. The van der Waals surface area contributed by atoms with E-state index in [1.165, 1.54) is 0 Å². The molecule has 1 amide bonds. The van der Waals surface area contributed by atoms with Crippen molar-refractivity contribution in [2.24, 2.45) is 16.7 Å². The zero-order chi connectivity index (χ0) is 18.1. The van der Waals surface area contributed by atoms with Crippen LogP contribution in [0.25, 0.3) is 0 Å². The van der Waals surface area contributed by atoms with Gasteiger partial charge in [0.15, 0.2) is 0 Å². The van der Waals surface area contributed by atoms with Gasteiger partial charge in [0.2, 0.25) is 0 Å². The van der Waals surface area contributed by atoms with Gasteiger partial charge in [-0.05, 0) is 30.9 Å². The van der Waals surface area contributed by atoms with Gasteiger partial charge < -0.3 is 14.8 Å². The minimum absolute atomic E-state index is 0.153. The Morgan fingerprint density at radius 3 is 2.17 bits per heavy atom. The Kier molecular flexibility index (Phi) is 9.66. The molecule has 1 atom stereocenters. The molecule has 0 aromatic carbocycles. The second-order valence-corrected chi connectivity index (χ2v) is 8.36. The summed E-state index contributed by atoms with van der Waals surface area (Å²) < 4.78 is 10.3. The van der Waals surface area contributed by atoms with Crippen molar-refractivity contribution in [3.05, 3.63) is 0 Å². The molecular formula is C17H33NO4S. The molecular weight excluding hydrogens is 314 g/mol. The highest BCUT2D eigenvalue weighted by Crippen LogP contribution is 2.44. The fraction of sp³-hybridized carbons (Fsp3) is 0.882. The number of esters is 1. The van der Waals surface area contributed by atoms with Gasteiger partial charge in [0, 0.05) is 5.75 Å². The van der Waals surface area contributed by atoms with Crippen LogP contribution in [0.1, 0.15) is 48.0 Å². The third kappa shape index (κ3) is 7.95. The summed E-state index contributed by atoms with van der Waals surface area (Å²) in [5, 5.41) is 2.58. The Bertz CT molecular complexity index is 379. The first-order valence-corrected chi connectivity index (χ1v) is 9.50. The number of nitrogens with one attached hydrogen (secondary N) is 1. The number of carbonyl (C=O) groups excluding carboxylic acids is 2. The monoisotopic (exact) mass is 347 g/mol. The number of amides is 1. The minimum atomic E-state index is -0.556. The highest BCUT2D eigenvalue weighted by atomic mass is 32.2. The Morgan fingerprint density at radius 2 is 1.70 bits per heavy atom. The number of hydrogen-bond donors (Lipinski definition) is 1. The Morgan fingerprint density at radius 1 is 1.09 bits per heavy atom. The summed E-state index contributed by atoms with van der Waals surface area (Å²) in [6.45, 7) is 13.1. The van der Waals surface area contributed by atoms with Crippen LogP contribution >= 0.6 is 11.8 Å². The molecule has 0 aromatic rings. The van der Waals surface area contributed by atoms with E-state index < -0.39 is 11.5 Å². The van der Waals surface area contributed by atoms with E-state index in [1.807, 2.05) is 13.2 Å². The molecule has 1 unspecified atom stereocenters. The van der Waals surface area contributed by atoms with Crippen LogP contribution in [0.5, 0.6) is 0 Å². The summed E-state index contributed by atoms with van der Waals surface area (Å²) in [5.74, 6) is 0.953. The van der Waals surface area contributed by atoms with Crippen molar-refractivity contribution in [1.82, 2.24) is 5.32 Å². The third-order valence-corrected chi connectivity index (χ3v) is 4.62. The maximum Gasteiger partial charge on any atom is 0.407 e. The molecule has 6 heteroatoms. The maximum absolute atomic E-state index is 12.5. The standard InChI is InChI=1S/C17H33NO4S/c1-13(2)12-17(6,16(3,4)5)14(19)21-9-8-18-15(20)22-10-11-23-7/h13H,8-12H2,1-7H3,(H,18,20). The molecule has 0 rings (SSSR count). The van der Waals surface area contributed by atoms with E-state index in [1.54, 1.807) is 11.8 Å². The number of rotatable bonds is 9. The molecule has 1 N–H and O–H groups in total. The van der Waals surface area contributed by atoms with Crippen molar-refractivity contribution in [2.45, 2.75) is 48.0 Å². The predicted octanol–water partition coefficient (Wildman–Crippen LogP) is 3.72. The van der Waals surface area contributed by atoms with Crippen molar-refractivity contribution >= 4 is 23.8 Å². The second-order valence-electron chi connectivity index (χ2n) is 7.37. The smallest absolute Gasteiger partial charge is 0.407 e. The van der Waals surface area contributed by atoms with Gasteiger partial charge in [-0.25, -0.2) is 4.79 Å². The number of carbonyl (C=O) groups is 2. The van der Waals surface area contributed by atoms with E-state index >= 15 is 0 Å². The van der Waals surface area contributed by atoms with Gasteiger partial charge in [0.05, 0.1) is 12.0 Å². The molecule has 5 nitrogen and oxygen atoms in total. The largest absolute Gasteiger partial charge is 0.463 e. The molecule has 136 valence electrons. The lowest BCUT2D eigenvalue weighted by atomic mass is 9.64. The van der Waals surface area contributed by atoms with Gasteiger partial charge >= 0.3 is 12.1 Å². The second kappa shape index (κ2) is 10.1. The zero-order valence-corrected chi connectivity index (χ0v) is 16.5. The van der Waals surface area contributed by atoms with E-state index in [2.05, 4.69) is 39.9 Å². The maximum atomic E-state index is 12.5. The quantitative estimate of drug-likeness (QED) is 0.509. The summed E-state index contributed by atoms with van der Waals surface area (Å²) in [6.07, 6.45) is 2.24. The highest BCUT2D eigenvalue weighted by Gasteiger charge is 2.45. The molecule has 0 aliphatic heterocycles. The summed E-state index contributed by atoms with van der Waals surface area (Å²) in [6, 6.07) is 0. The summed E-state index contributed by atoms with van der Waals surface area (Å²) in [4.78, 5) is 23.9. The van der Waals surface area contributed by atoms with Crippen LogP contribution in [0.15, 0.2) is 0 Å². The first kappa shape index (κ1) is 22.1. The lowest BCUT2D eigenvalue weighted by molar-refractivity contribution is -0.163. The van der Waals surface area contributed by atoms with Gasteiger partial charge in [-0.1, -0.05) is 34.6 Å². The third-order valence-electron chi connectivity index (χ3n) is 4.05. The van der Waals surface area contributed by atoms with E-state index in [0.717, 1.165) is 12.2 Å². The predicted molar refractivity (Wildman–Crippen MR) is 95.7 cm³/mol. The molecule has 0 radical (unpaired) electrons. The zero-order valence-electron chi connectivity index (χ0n) is 15.7. The number of thioether (sulfide) groups is 1. The van der Waals surface area contributed by atoms with Gasteiger partial charge in [0.1, 0.15) is 13.2 Å². The average Bonchev–Trinajstić information content (AvgIpc) is 2.41. The van der Waals surface area contributed by atoms with Crippen molar-refractivity contribution in [2.75, 3.05) is 31.8 Å². The molecule has 0 saturated heterocycles. The molecule has 0 fully saturated rings. The van der Waals surface area contributed by atoms with Crippen LogP contribution in [0, 0.1) is 16.7 Å². The van der Waals surface area contributed by atoms with Crippen LogP contribution < -0.4 is 5.32 Å². The molecule has 23 heavy (non-hydrogen) atoms. The highest BCUT2D eigenvalue weighted by molar-refractivity contribution is 7.98. The molecule has 0 aromatic heterocycles. The SMILES string of the molecule is CSCCOC(=O)NCCOC(=O)C(C)(CC(C)C)C(C)(C)C. The Labute approximate surface area is 145 Å². The van der Waals surface area contributed by atoms with Crippen LogP contribution in [0.2, 0.25) is 0 Å². The Hall–Kier alpha value is -0.910. The minimum Gasteiger partial charge on any atom is -0.463 e. The van der Waals surface area contributed by atoms with Crippen molar-refractivity contribution in [1.29, 1.82) is 0 Å². The number of ether oxygens (including phenoxy) is 2. The van der Waals surface area contributed by atoms with Crippen molar-refractivity contribution in [3.8, 4) is 0 Å². The number of alkyl carbamates (subject to hydrolysis) is 1. The van der Waals surface area contributed by atoms with Crippen LogP contribution in [-0.4, -0.2) is 43.8 Å². The average molecular weight is 348 g/mol. The topological polar surface area (TPSA) is 64.6 Å². The first-order chi connectivity index (χ1) is 10.5. The molecule has 0 spiro atoms. The van der Waals surface area contributed by atoms with E-state index in [-0.39, 0.29) is 24.5 Å². The number of hydrogen-bond acceptors (Lipinski definition) is 5. The fourth-order valence-electron chi connectivity index (χ4n) is 2.24. The molecule has 0 saturated carbocycles. The fourth-order valence-corrected chi connectivity index (χ4v) is 2.49. The van der Waals surface area contributed by atoms with Gasteiger partial charge in [-0.3, -0.25) is 4.79 Å². The summed E-state index contributed by atoms with van der Waals surface area (Å²) in [5.41, 5.74) is -0.751. The lowest BCUT2D eigenvalue weighted by Crippen LogP contribution is -2.43. The van der Waals surface area contributed by atoms with Crippen molar-refractivity contribution < 1.29 is 19.1 Å². The summed E-state index contributed by atoms with van der Waals surface area (Å²) >= 11 is 1.61. The lowest BCUT2D eigenvalue weighted by Gasteiger charge is -2.40. The molecule has 0 heterocycles.